The molecule has 0 bridgehead atoms. The van der Waals surface area contributed by atoms with Crippen molar-refractivity contribution in [2.75, 3.05) is 27.7 Å². The van der Waals surface area contributed by atoms with Crippen LogP contribution in [0.5, 0.6) is 0 Å². The van der Waals surface area contributed by atoms with Gasteiger partial charge >= 0.3 is 0 Å². The Morgan fingerprint density at radius 1 is 0.871 bits per heavy atom. The first-order valence-electron chi connectivity index (χ1n) is 9.69. The molecule has 1 heterocycles. The lowest BCUT2D eigenvalue weighted by Crippen LogP contribution is -2.28. The molecule has 7 nitrogen and oxygen atoms in total. The molecule has 1 aliphatic rings. The molecular formula is C23H21N3O4S. The molecule has 2 amide bonds. The van der Waals surface area contributed by atoms with E-state index in [1.807, 2.05) is 24.3 Å². The van der Waals surface area contributed by atoms with Gasteiger partial charge in [-0.3, -0.25) is 14.3 Å². The molecule has 31 heavy (non-hydrogen) atoms. The van der Waals surface area contributed by atoms with E-state index in [4.69, 9.17) is 0 Å². The largest absolute Gasteiger partial charge is 0.322 e. The molecule has 8 heteroatoms. The topological polar surface area (TPSA) is 95.6 Å². The lowest BCUT2D eigenvalue weighted by atomic mass is 10.1. The fourth-order valence-electron chi connectivity index (χ4n) is 3.54. The number of anilines is 3. The van der Waals surface area contributed by atoms with Crippen LogP contribution in [0, 0.1) is 0 Å². The lowest BCUT2D eigenvalue weighted by Gasteiger charge is -2.17. The molecule has 4 rings (SSSR count). The number of nitrogens with one attached hydrogen (secondary N) is 2. The van der Waals surface area contributed by atoms with Gasteiger partial charge in [-0.05, 0) is 60.5 Å². The van der Waals surface area contributed by atoms with E-state index in [1.165, 1.54) is 6.07 Å². The van der Waals surface area contributed by atoms with Gasteiger partial charge < -0.3 is 10.2 Å². The van der Waals surface area contributed by atoms with Crippen molar-refractivity contribution in [1.82, 2.24) is 0 Å². The van der Waals surface area contributed by atoms with Crippen LogP contribution in [0.4, 0.5) is 17.1 Å². The zero-order valence-electron chi connectivity index (χ0n) is 16.8. The Bertz CT molecular complexity index is 1250. The number of hydrogen-bond acceptors (Lipinski definition) is 4. The first-order valence-corrected chi connectivity index (χ1v) is 11.6. The van der Waals surface area contributed by atoms with Gasteiger partial charge in [0.15, 0.2) is 0 Å². The Kier molecular flexibility index (Phi) is 5.48. The molecule has 0 fully saturated rings. The number of sulfonamides is 1. The van der Waals surface area contributed by atoms with E-state index in [1.54, 1.807) is 47.4 Å². The van der Waals surface area contributed by atoms with Gasteiger partial charge in [-0.25, -0.2) is 8.42 Å². The van der Waals surface area contributed by atoms with Crippen molar-refractivity contribution in [3.8, 4) is 0 Å². The Labute approximate surface area is 180 Å². The van der Waals surface area contributed by atoms with E-state index in [0.717, 1.165) is 23.9 Å². The highest BCUT2D eigenvalue weighted by atomic mass is 32.2. The van der Waals surface area contributed by atoms with Crippen LogP contribution in [0.1, 0.15) is 26.3 Å². The van der Waals surface area contributed by atoms with E-state index in [0.29, 0.717) is 29.0 Å². The summed E-state index contributed by atoms with van der Waals surface area (Å²) in [6.07, 6.45) is 1.88. The fraction of sp³-hybridized carbons (Fsp3) is 0.130. The number of amides is 2. The maximum Gasteiger partial charge on any atom is 0.258 e. The summed E-state index contributed by atoms with van der Waals surface area (Å²) in [4.78, 5) is 27.2. The van der Waals surface area contributed by atoms with E-state index in [-0.39, 0.29) is 11.8 Å². The number of rotatable bonds is 5. The molecule has 0 radical (unpaired) electrons. The summed E-state index contributed by atoms with van der Waals surface area (Å²) in [6.45, 7) is 0.647. The fourth-order valence-corrected chi connectivity index (χ4v) is 4.10. The van der Waals surface area contributed by atoms with Crippen molar-refractivity contribution in [2.45, 2.75) is 6.42 Å². The maximum atomic E-state index is 12.9. The second kappa shape index (κ2) is 8.23. The van der Waals surface area contributed by atoms with Gasteiger partial charge in [0.25, 0.3) is 11.8 Å². The Hall–Kier alpha value is -3.65. The quantitative estimate of drug-likeness (QED) is 0.641. The minimum atomic E-state index is -3.43. The molecule has 0 atom stereocenters. The minimum Gasteiger partial charge on any atom is -0.322 e. The average molecular weight is 436 g/mol. The standard InChI is InChI=1S/C23H21N3O4S/c1-31(29,30)25-20-7-4-6-18(15-20)22(27)24-19-11-9-17(10-12-19)23(28)26-14-13-16-5-2-3-8-21(16)26/h2-12,15,25H,13-14H2,1H3,(H,24,27). The number of carbonyl (C=O) groups is 2. The van der Waals surface area contributed by atoms with Crippen LogP contribution >= 0.6 is 0 Å². The van der Waals surface area contributed by atoms with Gasteiger partial charge in [0, 0.05) is 34.7 Å². The SMILES string of the molecule is CS(=O)(=O)Nc1cccc(C(=O)Nc2ccc(C(=O)N3CCc4ccccc43)cc2)c1. The highest BCUT2D eigenvalue weighted by Crippen LogP contribution is 2.29. The molecule has 0 saturated heterocycles. The van der Waals surface area contributed by atoms with Crippen LogP contribution < -0.4 is 14.9 Å². The molecule has 158 valence electrons. The molecule has 3 aromatic carbocycles. The summed E-state index contributed by atoms with van der Waals surface area (Å²) < 4.78 is 25.1. The summed E-state index contributed by atoms with van der Waals surface area (Å²) in [5.41, 5.74) is 3.78. The van der Waals surface area contributed by atoms with Crippen LogP contribution in [0.2, 0.25) is 0 Å². The molecule has 0 unspecified atom stereocenters. The van der Waals surface area contributed by atoms with E-state index in [2.05, 4.69) is 10.0 Å². The van der Waals surface area contributed by atoms with Crippen LogP contribution in [0.25, 0.3) is 0 Å². The summed E-state index contributed by atoms with van der Waals surface area (Å²) in [7, 11) is -3.43. The third-order valence-electron chi connectivity index (χ3n) is 4.95. The van der Waals surface area contributed by atoms with Crippen LogP contribution in [0.15, 0.2) is 72.8 Å². The highest BCUT2D eigenvalue weighted by molar-refractivity contribution is 7.92. The average Bonchev–Trinajstić information content (AvgIpc) is 3.17. The molecule has 1 aliphatic heterocycles. The molecule has 3 aromatic rings. The molecule has 0 aromatic heterocycles. The predicted molar refractivity (Wildman–Crippen MR) is 121 cm³/mol. The molecule has 2 N–H and O–H groups in total. The number of para-hydroxylation sites is 1. The van der Waals surface area contributed by atoms with Gasteiger partial charge in [0.2, 0.25) is 10.0 Å². The van der Waals surface area contributed by atoms with Gasteiger partial charge in [-0.2, -0.15) is 0 Å². The first kappa shape index (κ1) is 20.6. The van der Waals surface area contributed by atoms with Gasteiger partial charge in [-0.15, -0.1) is 0 Å². The summed E-state index contributed by atoms with van der Waals surface area (Å²) >= 11 is 0. The van der Waals surface area contributed by atoms with Crippen molar-refractivity contribution < 1.29 is 18.0 Å². The number of carbonyl (C=O) groups excluding carboxylic acids is 2. The maximum absolute atomic E-state index is 12.9. The van der Waals surface area contributed by atoms with E-state index < -0.39 is 10.0 Å². The van der Waals surface area contributed by atoms with Gasteiger partial charge in [0.05, 0.1) is 6.26 Å². The third-order valence-corrected chi connectivity index (χ3v) is 5.56. The molecule has 0 aliphatic carbocycles. The van der Waals surface area contributed by atoms with Gasteiger partial charge in [-0.1, -0.05) is 24.3 Å². The molecule has 0 saturated carbocycles. The number of fused-ring (bicyclic) bond motifs is 1. The normalized spacial score (nSPS) is 12.9. The summed E-state index contributed by atoms with van der Waals surface area (Å²) in [5.74, 6) is -0.466. The third kappa shape index (κ3) is 4.75. The summed E-state index contributed by atoms with van der Waals surface area (Å²) in [5, 5.41) is 2.76. The Balaban J connectivity index is 1.45. The number of hydrogen-bond donors (Lipinski definition) is 2. The van der Waals surface area contributed by atoms with Crippen molar-refractivity contribution in [3.05, 3.63) is 89.5 Å². The number of nitrogens with zero attached hydrogens (tertiary/aromatic N) is 1. The minimum absolute atomic E-state index is 0.0811. The van der Waals surface area contributed by atoms with E-state index >= 15 is 0 Å². The zero-order valence-corrected chi connectivity index (χ0v) is 17.6. The molecular weight excluding hydrogens is 414 g/mol. The number of benzene rings is 3. The lowest BCUT2D eigenvalue weighted by molar-refractivity contribution is 0.0988. The smallest absolute Gasteiger partial charge is 0.258 e. The summed E-state index contributed by atoms with van der Waals surface area (Å²) in [6, 6.07) is 20.8. The van der Waals surface area contributed by atoms with E-state index in [9.17, 15) is 18.0 Å². The van der Waals surface area contributed by atoms with Crippen molar-refractivity contribution >= 4 is 38.9 Å². The molecule has 0 spiro atoms. The van der Waals surface area contributed by atoms with Crippen molar-refractivity contribution in [1.29, 1.82) is 0 Å². The second-order valence-corrected chi connectivity index (χ2v) is 9.07. The zero-order chi connectivity index (χ0) is 22.0. The van der Waals surface area contributed by atoms with Gasteiger partial charge in [0.1, 0.15) is 0 Å². The second-order valence-electron chi connectivity index (χ2n) is 7.32. The van der Waals surface area contributed by atoms with Crippen molar-refractivity contribution in [2.24, 2.45) is 0 Å². The van der Waals surface area contributed by atoms with Crippen LogP contribution in [-0.2, 0) is 16.4 Å². The Morgan fingerprint density at radius 3 is 2.35 bits per heavy atom. The monoisotopic (exact) mass is 435 g/mol. The van der Waals surface area contributed by atoms with Crippen LogP contribution in [0.3, 0.4) is 0 Å². The Morgan fingerprint density at radius 2 is 1.61 bits per heavy atom. The predicted octanol–water partition coefficient (Wildman–Crippen LogP) is 3.51. The highest BCUT2D eigenvalue weighted by Gasteiger charge is 2.25. The first-order chi connectivity index (χ1) is 14.8. The van der Waals surface area contributed by atoms with Crippen LogP contribution in [-0.4, -0.2) is 33.0 Å². The van der Waals surface area contributed by atoms with Crippen molar-refractivity contribution in [3.63, 3.8) is 0 Å².